The molecule has 5 heteroatoms. The van der Waals surface area contributed by atoms with Crippen molar-refractivity contribution in [3.63, 3.8) is 0 Å². The molecule has 0 radical (unpaired) electrons. The molecule has 1 saturated heterocycles. The highest BCUT2D eigenvalue weighted by atomic mass is 16.6. The maximum absolute atomic E-state index is 12.2. The highest BCUT2D eigenvalue weighted by Crippen LogP contribution is 2.36. The average Bonchev–Trinajstić information content (AvgIpc) is 2.45. The van der Waals surface area contributed by atoms with Crippen LogP contribution in [0.5, 0.6) is 0 Å². The molecule has 1 aromatic carbocycles. The van der Waals surface area contributed by atoms with Crippen LogP contribution < -0.4 is 0 Å². The van der Waals surface area contributed by atoms with Crippen molar-refractivity contribution < 1.29 is 4.92 Å². The molecule has 0 aliphatic carbocycles. The van der Waals surface area contributed by atoms with E-state index in [-0.39, 0.29) is 16.0 Å². The molecule has 1 aliphatic rings. The lowest BCUT2D eigenvalue weighted by Crippen LogP contribution is -2.67. The molecule has 0 amide bonds. The van der Waals surface area contributed by atoms with Gasteiger partial charge in [0.2, 0.25) is 0 Å². The van der Waals surface area contributed by atoms with Gasteiger partial charge in [0.05, 0.1) is 19.8 Å². The molecular formula is C18H29N3O2. The highest BCUT2D eigenvalue weighted by Gasteiger charge is 2.54. The van der Waals surface area contributed by atoms with Gasteiger partial charge in [-0.25, -0.2) is 0 Å². The Labute approximate surface area is 139 Å². The molecule has 5 nitrogen and oxygen atoms in total. The summed E-state index contributed by atoms with van der Waals surface area (Å²) in [4.78, 5) is 16.5. The average molecular weight is 319 g/mol. The lowest BCUT2D eigenvalue weighted by molar-refractivity contribution is -0.587. The lowest BCUT2D eigenvalue weighted by atomic mass is 9.84. The van der Waals surface area contributed by atoms with Gasteiger partial charge in [-0.15, -0.1) is 0 Å². The van der Waals surface area contributed by atoms with Crippen molar-refractivity contribution in [2.75, 3.05) is 19.8 Å². The van der Waals surface area contributed by atoms with Crippen LogP contribution in [0.2, 0.25) is 0 Å². The third-order valence-electron chi connectivity index (χ3n) is 4.80. The molecule has 1 fully saturated rings. The first-order valence-electron chi connectivity index (χ1n) is 8.17. The second kappa shape index (κ2) is 5.87. The summed E-state index contributed by atoms with van der Waals surface area (Å²) in [5, 5.41) is 12.2. The SMILES string of the molecule is CC(C)(C)N1CN(C(C)(C)C)CC(c2ccccc2)([N+](=O)[O-])C1. The summed E-state index contributed by atoms with van der Waals surface area (Å²) in [6.45, 7) is 14.3. The van der Waals surface area contributed by atoms with Gasteiger partial charge in [-0.3, -0.25) is 19.9 Å². The van der Waals surface area contributed by atoms with E-state index in [9.17, 15) is 10.1 Å². The molecule has 2 rings (SSSR count). The molecule has 0 N–H and O–H groups in total. The third kappa shape index (κ3) is 3.56. The molecule has 0 atom stereocenters. The minimum absolute atomic E-state index is 0.0844. The van der Waals surface area contributed by atoms with Gasteiger partial charge in [0.25, 0.3) is 5.54 Å². The summed E-state index contributed by atoms with van der Waals surface area (Å²) in [5.41, 5.74) is -0.562. The van der Waals surface area contributed by atoms with E-state index in [1.54, 1.807) is 0 Å². The fraction of sp³-hybridized carbons (Fsp3) is 0.667. The van der Waals surface area contributed by atoms with Gasteiger partial charge in [0.15, 0.2) is 0 Å². The molecule has 128 valence electrons. The van der Waals surface area contributed by atoms with Crippen LogP contribution >= 0.6 is 0 Å². The fourth-order valence-corrected chi connectivity index (χ4v) is 3.04. The molecule has 0 aromatic heterocycles. The Morgan fingerprint density at radius 1 is 0.957 bits per heavy atom. The molecule has 1 heterocycles. The second-order valence-electron chi connectivity index (χ2n) is 8.53. The lowest BCUT2D eigenvalue weighted by Gasteiger charge is -2.51. The Balaban J connectivity index is 2.54. The predicted octanol–water partition coefficient (Wildman–Crippen LogP) is 3.33. The fourth-order valence-electron chi connectivity index (χ4n) is 3.04. The van der Waals surface area contributed by atoms with Crippen molar-refractivity contribution in [1.29, 1.82) is 0 Å². The van der Waals surface area contributed by atoms with Crippen LogP contribution in [0.3, 0.4) is 0 Å². The van der Waals surface area contributed by atoms with Crippen molar-refractivity contribution in [2.45, 2.75) is 58.2 Å². The zero-order valence-electron chi connectivity index (χ0n) is 15.2. The number of nitro groups is 1. The molecule has 23 heavy (non-hydrogen) atoms. The van der Waals surface area contributed by atoms with E-state index in [2.05, 4.69) is 51.3 Å². The van der Waals surface area contributed by atoms with Crippen molar-refractivity contribution in [3.8, 4) is 0 Å². The molecule has 1 aliphatic heterocycles. The van der Waals surface area contributed by atoms with Crippen LogP contribution in [-0.2, 0) is 5.54 Å². The topological polar surface area (TPSA) is 49.6 Å². The van der Waals surface area contributed by atoms with Gasteiger partial charge in [0.1, 0.15) is 0 Å². The van der Waals surface area contributed by atoms with Gasteiger partial charge in [0, 0.05) is 21.6 Å². The summed E-state index contributed by atoms with van der Waals surface area (Å²) in [5.74, 6) is 0. The number of rotatable bonds is 2. The van der Waals surface area contributed by atoms with Crippen LogP contribution in [0.1, 0.15) is 47.1 Å². The normalized spacial score (nSPS) is 20.4. The standard InChI is InChI=1S/C18H29N3O2/c1-16(2,3)19-12-18(21(22)23,15-10-8-7-9-11-15)13-20(14-19)17(4,5)6/h7-11H,12-14H2,1-6H3. The maximum Gasteiger partial charge on any atom is 0.272 e. The zero-order valence-corrected chi connectivity index (χ0v) is 15.2. The van der Waals surface area contributed by atoms with E-state index >= 15 is 0 Å². The summed E-state index contributed by atoms with van der Waals surface area (Å²) in [6.07, 6.45) is 0. The van der Waals surface area contributed by atoms with Gasteiger partial charge < -0.3 is 0 Å². The van der Waals surface area contributed by atoms with Crippen LogP contribution in [0.25, 0.3) is 0 Å². The molecule has 0 bridgehead atoms. The maximum atomic E-state index is 12.2. The van der Waals surface area contributed by atoms with Gasteiger partial charge in [-0.05, 0) is 41.5 Å². The summed E-state index contributed by atoms with van der Waals surface area (Å²) in [7, 11) is 0. The first kappa shape index (κ1) is 17.9. The van der Waals surface area contributed by atoms with E-state index in [0.717, 1.165) is 12.2 Å². The molecule has 0 unspecified atom stereocenters. The Kier molecular flexibility index (Phi) is 4.57. The molecule has 0 saturated carbocycles. The van der Waals surface area contributed by atoms with Crippen molar-refractivity contribution in [3.05, 3.63) is 46.0 Å². The monoisotopic (exact) mass is 319 g/mol. The Morgan fingerprint density at radius 2 is 1.39 bits per heavy atom. The quantitative estimate of drug-likeness (QED) is 0.620. The number of hydrogen-bond acceptors (Lipinski definition) is 4. The first-order valence-corrected chi connectivity index (χ1v) is 8.17. The van der Waals surface area contributed by atoms with E-state index < -0.39 is 5.54 Å². The van der Waals surface area contributed by atoms with Crippen LogP contribution in [0, 0.1) is 10.1 Å². The minimum Gasteiger partial charge on any atom is -0.278 e. The van der Waals surface area contributed by atoms with Crippen LogP contribution in [0.4, 0.5) is 0 Å². The predicted molar refractivity (Wildman–Crippen MR) is 92.9 cm³/mol. The second-order valence-corrected chi connectivity index (χ2v) is 8.53. The van der Waals surface area contributed by atoms with E-state index in [4.69, 9.17) is 0 Å². The van der Waals surface area contributed by atoms with Crippen molar-refractivity contribution in [1.82, 2.24) is 9.80 Å². The van der Waals surface area contributed by atoms with E-state index in [0.29, 0.717) is 13.1 Å². The number of nitrogens with zero attached hydrogens (tertiary/aromatic N) is 3. The Hall–Kier alpha value is -1.46. The summed E-state index contributed by atoms with van der Waals surface area (Å²) < 4.78 is 0. The van der Waals surface area contributed by atoms with Crippen molar-refractivity contribution in [2.24, 2.45) is 0 Å². The van der Waals surface area contributed by atoms with Crippen LogP contribution in [-0.4, -0.2) is 45.6 Å². The highest BCUT2D eigenvalue weighted by molar-refractivity contribution is 5.25. The first-order chi connectivity index (χ1) is 10.5. The van der Waals surface area contributed by atoms with E-state index in [1.807, 2.05) is 30.3 Å². The molecule has 1 aromatic rings. The largest absolute Gasteiger partial charge is 0.278 e. The van der Waals surface area contributed by atoms with Gasteiger partial charge in [-0.2, -0.15) is 0 Å². The third-order valence-corrected chi connectivity index (χ3v) is 4.80. The Bertz CT molecular complexity index is 536. The van der Waals surface area contributed by atoms with Crippen LogP contribution in [0.15, 0.2) is 30.3 Å². The van der Waals surface area contributed by atoms with Crippen molar-refractivity contribution >= 4 is 0 Å². The van der Waals surface area contributed by atoms with E-state index in [1.165, 1.54) is 0 Å². The number of benzene rings is 1. The summed E-state index contributed by atoms with van der Waals surface area (Å²) in [6, 6.07) is 9.45. The minimum atomic E-state index is -1.10. The number of hydrogen-bond donors (Lipinski definition) is 0. The molecular weight excluding hydrogens is 290 g/mol. The smallest absolute Gasteiger partial charge is 0.272 e. The molecule has 0 spiro atoms. The van der Waals surface area contributed by atoms with Gasteiger partial charge >= 0.3 is 0 Å². The summed E-state index contributed by atoms with van der Waals surface area (Å²) >= 11 is 0. The Morgan fingerprint density at radius 3 is 1.74 bits per heavy atom. The van der Waals surface area contributed by atoms with Gasteiger partial charge in [-0.1, -0.05) is 30.3 Å². The zero-order chi connectivity index (χ0) is 17.5.